The van der Waals surface area contributed by atoms with Gasteiger partial charge in [-0.2, -0.15) is 0 Å². The molecule has 0 aromatic heterocycles. The summed E-state index contributed by atoms with van der Waals surface area (Å²) in [4.78, 5) is 1.40. The van der Waals surface area contributed by atoms with Crippen LogP contribution in [0.15, 0.2) is 35.2 Å². The highest BCUT2D eigenvalue weighted by atomic mass is 32.2. The van der Waals surface area contributed by atoms with Crippen LogP contribution in [0.2, 0.25) is 0 Å². The van der Waals surface area contributed by atoms with Gasteiger partial charge in [0, 0.05) is 10.9 Å². The van der Waals surface area contributed by atoms with Crippen molar-refractivity contribution in [2.45, 2.75) is 43.5 Å². The standard InChI is InChI=1S/C16H25NS/c1-13-8-9-16(17-2)14(12-13)10-11-18-15-6-4-3-5-7-15/h3-7,13-14,16-17H,8-12H2,1-2H3. The molecule has 0 radical (unpaired) electrons. The number of thioether (sulfide) groups is 1. The van der Waals surface area contributed by atoms with Gasteiger partial charge in [0.2, 0.25) is 0 Å². The van der Waals surface area contributed by atoms with Gasteiger partial charge in [0.05, 0.1) is 0 Å². The summed E-state index contributed by atoms with van der Waals surface area (Å²) in [6, 6.07) is 11.5. The fourth-order valence-electron chi connectivity index (χ4n) is 3.04. The first-order valence-corrected chi connectivity index (χ1v) is 8.13. The topological polar surface area (TPSA) is 12.0 Å². The van der Waals surface area contributed by atoms with Crippen LogP contribution in [0.5, 0.6) is 0 Å². The summed E-state index contributed by atoms with van der Waals surface area (Å²) in [5.41, 5.74) is 0. The minimum Gasteiger partial charge on any atom is -0.317 e. The quantitative estimate of drug-likeness (QED) is 0.799. The molecule has 0 saturated heterocycles. The van der Waals surface area contributed by atoms with E-state index in [1.165, 1.54) is 36.3 Å². The normalized spacial score (nSPS) is 28.2. The Bertz CT molecular complexity index is 338. The molecule has 1 N–H and O–H groups in total. The Kier molecular flexibility index (Phi) is 5.58. The van der Waals surface area contributed by atoms with Crippen LogP contribution in [-0.2, 0) is 0 Å². The highest BCUT2D eigenvalue weighted by molar-refractivity contribution is 7.99. The SMILES string of the molecule is CNC1CCC(C)CC1CCSc1ccccc1. The van der Waals surface area contributed by atoms with Gasteiger partial charge in [0.25, 0.3) is 0 Å². The molecule has 1 aromatic carbocycles. The van der Waals surface area contributed by atoms with Crippen LogP contribution in [0, 0.1) is 11.8 Å². The van der Waals surface area contributed by atoms with Gasteiger partial charge < -0.3 is 5.32 Å². The van der Waals surface area contributed by atoms with Gasteiger partial charge in [0.15, 0.2) is 0 Å². The Balaban J connectivity index is 1.77. The molecule has 0 amide bonds. The third kappa shape index (κ3) is 4.03. The van der Waals surface area contributed by atoms with E-state index in [0.29, 0.717) is 0 Å². The second kappa shape index (κ2) is 7.20. The van der Waals surface area contributed by atoms with E-state index in [4.69, 9.17) is 0 Å². The van der Waals surface area contributed by atoms with Crippen molar-refractivity contribution < 1.29 is 0 Å². The van der Waals surface area contributed by atoms with Crippen LogP contribution in [-0.4, -0.2) is 18.8 Å². The van der Waals surface area contributed by atoms with Gasteiger partial charge in [-0.3, -0.25) is 0 Å². The van der Waals surface area contributed by atoms with Crippen molar-refractivity contribution >= 4 is 11.8 Å². The van der Waals surface area contributed by atoms with Gasteiger partial charge in [-0.15, -0.1) is 11.8 Å². The molecule has 1 fully saturated rings. The molecule has 0 bridgehead atoms. The number of nitrogens with one attached hydrogen (secondary N) is 1. The molecule has 2 rings (SSSR count). The van der Waals surface area contributed by atoms with E-state index in [9.17, 15) is 0 Å². The van der Waals surface area contributed by atoms with Crippen LogP contribution in [0.25, 0.3) is 0 Å². The minimum atomic E-state index is 0.748. The monoisotopic (exact) mass is 263 g/mol. The lowest BCUT2D eigenvalue weighted by Gasteiger charge is -2.34. The van der Waals surface area contributed by atoms with Crippen LogP contribution in [0.3, 0.4) is 0 Å². The van der Waals surface area contributed by atoms with E-state index in [-0.39, 0.29) is 0 Å². The maximum Gasteiger partial charge on any atom is 0.00928 e. The fraction of sp³-hybridized carbons (Fsp3) is 0.625. The summed E-state index contributed by atoms with van der Waals surface area (Å²) in [6.07, 6.45) is 5.50. The van der Waals surface area contributed by atoms with Crippen LogP contribution in [0.4, 0.5) is 0 Å². The molecule has 1 aromatic rings. The lowest BCUT2D eigenvalue weighted by Crippen LogP contribution is -2.38. The van der Waals surface area contributed by atoms with Gasteiger partial charge in [-0.1, -0.05) is 25.1 Å². The molecule has 1 saturated carbocycles. The van der Waals surface area contributed by atoms with Gasteiger partial charge in [0.1, 0.15) is 0 Å². The molecular weight excluding hydrogens is 238 g/mol. The first-order valence-electron chi connectivity index (χ1n) is 7.14. The molecular formula is C16H25NS. The predicted molar refractivity (Wildman–Crippen MR) is 81.1 cm³/mol. The van der Waals surface area contributed by atoms with Crippen molar-refractivity contribution in [2.75, 3.05) is 12.8 Å². The van der Waals surface area contributed by atoms with Crippen LogP contribution >= 0.6 is 11.8 Å². The highest BCUT2D eigenvalue weighted by Crippen LogP contribution is 2.32. The number of hydrogen-bond donors (Lipinski definition) is 1. The van der Waals surface area contributed by atoms with Crippen molar-refractivity contribution in [1.29, 1.82) is 0 Å². The third-order valence-electron chi connectivity index (χ3n) is 4.12. The molecule has 3 atom stereocenters. The molecule has 0 heterocycles. The summed E-state index contributed by atoms with van der Waals surface area (Å²) in [6.45, 7) is 2.41. The van der Waals surface area contributed by atoms with Crippen molar-refractivity contribution in [3.05, 3.63) is 30.3 Å². The third-order valence-corrected chi connectivity index (χ3v) is 5.16. The Hall–Kier alpha value is -0.470. The second-order valence-electron chi connectivity index (χ2n) is 5.52. The predicted octanol–water partition coefficient (Wildman–Crippen LogP) is 4.19. The smallest absolute Gasteiger partial charge is 0.00928 e. The molecule has 18 heavy (non-hydrogen) atoms. The Morgan fingerprint density at radius 1 is 1.22 bits per heavy atom. The number of rotatable bonds is 5. The average molecular weight is 263 g/mol. The first kappa shape index (κ1) is 14.0. The lowest BCUT2D eigenvalue weighted by atomic mass is 9.77. The molecule has 0 aliphatic heterocycles. The van der Waals surface area contributed by atoms with Crippen molar-refractivity contribution in [3.63, 3.8) is 0 Å². The molecule has 0 spiro atoms. The molecule has 1 nitrogen and oxygen atoms in total. The lowest BCUT2D eigenvalue weighted by molar-refractivity contribution is 0.217. The Labute approximate surface area is 116 Å². The largest absolute Gasteiger partial charge is 0.317 e. The maximum atomic E-state index is 3.51. The summed E-state index contributed by atoms with van der Waals surface area (Å²) in [7, 11) is 2.12. The van der Waals surface area contributed by atoms with E-state index in [1.54, 1.807) is 0 Å². The first-order chi connectivity index (χ1) is 8.79. The molecule has 2 heteroatoms. The van der Waals surface area contributed by atoms with E-state index >= 15 is 0 Å². The Morgan fingerprint density at radius 3 is 2.72 bits per heavy atom. The number of benzene rings is 1. The van der Waals surface area contributed by atoms with Crippen molar-refractivity contribution in [3.8, 4) is 0 Å². The Morgan fingerprint density at radius 2 is 2.00 bits per heavy atom. The average Bonchev–Trinajstić information content (AvgIpc) is 2.40. The summed E-state index contributed by atoms with van der Waals surface area (Å²) >= 11 is 2.00. The highest BCUT2D eigenvalue weighted by Gasteiger charge is 2.26. The minimum absolute atomic E-state index is 0.748. The molecule has 100 valence electrons. The zero-order valence-corrected chi connectivity index (χ0v) is 12.4. The maximum absolute atomic E-state index is 3.51. The van der Waals surface area contributed by atoms with E-state index in [2.05, 4.69) is 49.6 Å². The van der Waals surface area contributed by atoms with E-state index in [1.807, 2.05) is 11.8 Å². The summed E-state index contributed by atoms with van der Waals surface area (Å²) < 4.78 is 0. The van der Waals surface area contributed by atoms with Gasteiger partial charge in [-0.25, -0.2) is 0 Å². The zero-order valence-electron chi connectivity index (χ0n) is 11.6. The van der Waals surface area contributed by atoms with Gasteiger partial charge >= 0.3 is 0 Å². The van der Waals surface area contributed by atoms with E-state index in [0.717, 1.165) is 17.9 Å². The van der Waals surface area contributed by atoms with E-state index < -0.39 is 0 Å². The molecule has 1 aliphatic rings. The number of hydrogen-bond acceptors (Lipinski definition) is 2. The summed E-state index contributed by atoms with van der Waals surface area (Å²) in [5, 5.41) is 3.51. The zero-order chi connectivity index (χ0) is 12.8. The fourth-order valence-corrected chi connectivity index (χ4v) is 4.05. The summed E-state index contributed by atoms with van der Waals surface area (Å²) in [5.74, 6) is 3.04. The van der Waals surface area contributed by atoms with Gasteiger partial charge in [-0.05, 0) is 62.5 Å². The van der Waals surface area contributed by atoms with Crippen molar-refractivity contribution in [1.82, 2.24) is 5.32 Å². The van der Waals surface area contributed by atoms with Crippen LogP contribution in [0.1, 0.15) is 32.6 Å². The second-order valence-corrected chi connectivity index (χ2v) is 6.69. The molecule has 1 aliphatic carbocycles. The van der Waals surface area contributed by atoms with Crippen molar-refractivity contribution in [2.24, 2.45) is 11.8 Å². The van der Waals surface area contributed by atoms with Crippen LogP contribution < -0.4 is 5.32 Å². The molecule has 3 unspecified atom stereocenters.